The summed E-state index contributed by atoms with van der Waals surface area (Å²) in [6.45, 7) is 3.79. The van der Waals surface area contributed by atoms with Crippen molar-refractivity contribution in [3.05, 3.63) is 30.3 Å². The van der Waals surface area contributed by atoms with E-state index in [2.05, 4.69) is 20.0 Å². The Morgan fingerprint density at radius 1 is 1.30 bits per heavy atom. The number of hydrogen-bond donors (Lipinski definition) is 0. The van der Waals surface area contributed by atoms with Crippen LogP contribution in [0.25, 0.3) is 11.5 Å². The summed E-state index contributed by atoms with van der Waals surface area (Å²) in [6, 6.07) is 5.69. The van der Waals surface area contributed by atoms with E-state index in [0.717, 1.165) is 44.3 Å². The molecule has 1 aliphatic heterocycles. The molecule has 0 amide bonds. The Labute approximate surface area is 136 Å². The third-order valence-electron chi connectivity index (χ3n) is 4.39. The van der Waals surface area contributed by atoms with E-state index in [1.807, 2.05) is 18.2 Å². The van der Waals surface area contributed by atoms with Crippen LogP contribution < -0.4 is 0 Å². The van der Waals surface area contributed by atoms with Crippen molar-refractivity contribution in [2.75, 3.05) is 26.8 Å². The molecule has 2 aromatic rings. The van der Waals surface area contributed by atoms with Gasteiger partial charge in [0.05, 0.1) is 6.54 Å². The van der Waals surface area contributed by atoms with Gasteiger partial charge in [0.2, 0.25) is 11.7 Å². The van der Waals surface area contributed by atoms with Gasteiger partial charge in [0, 0.05) is 19.9 Å². The molecule has 0 aliphatic carbocycles. The van der Waals surface area contributed by atoms with Crippen LogP contribution in [0.15, 0.2) is 28.9 Å². The average Bonchev–Trinajstić information content (AvgIpc) is 3.06. The van der Waals surface area contributed by atoms with Gasteiger partial charge >= 0.3 is 0 Å². The van der Waals surface area contributed by atoms with Gasteiger partial charge in [0.25, 0.3) is 0 Å². The fourth-order valence-corrected chi connectivity index (χ4v) is 3.06. The van der Waals surface area contributed by atoms with Crippen LogP contribution >= 0.6 is 0 Å². The van der Waals surface area contributed by atoms with Crippen LogP contribution in [-0.4, -0.2) is 46.8 Å². The number of likely N-dealkylation sites (tertiary alicyclic amines) is 1. The Bertz CT molecular complexity index is 579. The zero-order valence-corrected chi connectivity index (χ0v) is 13.6. The first-order valence-corrected chi connectivity index (χ1v) is 8.30. The molecule has 3 heterocycles. The molecule has 6 heteroatoms. The molecule has 1 aliphatic rings. The van der Waals surface area contributed by atoms with E-state index in [0.29, 0.717) is 11.7 Å². The molecule has 0 aromatic carbocycles. The van der Waals surface area contributed by atoms with Gasteiger partial charge in [-0.2, -0.15) is 4.98 Å². The number of piperidine rings is 1. The largest absolute Gasteiger partial charge is 0.385 e. The second-order valence-corrected chi connectivity index (χ2v) is 6.08. The van der Waals surface area contributed by atoms with Crippen molar-refractivity contribution in [2.45, 2.75) is 32.2 Å². The van der Waals surface area contributed by atoms with Crippen LogP contribution in [0.1, 0.15) is 31.6 Å². The van der Waals surface area contributed by atoms with Gasteiger partial charge in [-0.05, 0) is 56.8 Å². The van der Waals surface area contributed by atoms with Gasteiger partial charge in [-0.25, -0.2) is 0 Å². The molecule has 0 saturated carbocycles. The highest BCUT2D eigenvalue weighted by atomic mass is 16.5. The number of ether oxygens (including phenoxy) is 1. The Kier molecular flexibility index (Phi) is 5.71. The standard InChI is InChI=1S/C17H24N4O2/c1-22-12-4-5-14-7-10-21(11-8-14)13-16-19-17(20-23-16)15-6-2-3-9-18-15/h2-3,6,9,14H,4-5,7-8,10-13H2,1H3. The maximum Gasteiger partial charge on any atom is 0.241 e. The van der Waals surface area contributed by atoms with E-state index in [1.54, 1.807) is 13.3 Å². The van der Waals surface area contributed by atoms with Crippen LogP contribution in [0.2, 0.25) is 0 Å². The van der Waals surface area contributed by atoms with Crippen molar-refractivity contribution in [3.8, 4) is 11.5 Å². The van der Waals surface area contributed by atoms with Crippen molar-refractivity contribution in [2.24, 2.45) is 5.92 Å². The lowest BCUT2D eigenvalue weighted by Gasteiger charge is -2.30. The van der Waals surface area contributed by atoms with Crippen LogP contribution in [0.4, 0.5) is 0 Å². The Morgan fingerprint density at radius 3 is 2.91 bits per heavy atom. The SMILES string of the molecule is COCCCC1CCN(Cc2nc(-c3ccccn3)no2)CC1. The van der Waals surface area contributed by atoms with Crippen LogP contribution in [0, 0.1) is 5.92 Å². The lowest BCUT2D eigenvalue weighted by atomic mass is 9.92. The monoisotopic (exact) mass is 316 g/mol. The normalized spacial score (nSPS) is 16.7. The van der Waals surface area contributed by atoms with E-state index in [-0.39, 0.29) is 0 Å². The molecule has 23 heavy (non-hydrogen) atoms. The summed E-state index contributed by atoms with van der Waals surface area (Å²) in [5, 5.41) is 4.03. The van der Waals surface area contributed by atoms with Crippen molar-refractivity contribution < 1.29 is 9.26 Å². The van der Waals surface area contributed by atoms with Gasteiger partial charge in [-0.3, -0.25) is 9.88 Å². The molecule has 124 valence electrons. The molecule has 1 fully saturated rings. The summed E-state index contributed by atoms with van der Waals surface area (Å²) in [6.07, 6.45) is 6.65. The van der Waals surface area contributed by atoms with Crippen molar-refractivity contribution in [1.82, 2.24) is 20.0 Å². The number of hydrogen-bond acceptors (Lipinski definition) is 6. The first-order valence-electron chi connectivity index (χ1n) is 8.30. The third kappa shape index (κ3) is 4.59. The highest BCUT2D eigenvalue weighted by molar-refractivity contribution is 5.46. The summed E-state index contributed by atoms with van der Waals surface area (Å²) in [5.41, 5.74) is 0.749. The first-order chi connectivity index (χ1) is 11.3. The van der Waals surface area contributed by atoms with E-state index >= 15 is 0 Å². The number of methoxy groups -OCH3 is 1. The first kappa shape index (κ1) is 16.1. The minimum Gasteiger partial charge on any atom is -0.385 e. The molecular weight excluding hydrogens is 292 g/mol. The van der Waals surface area contributed by atoms with E-state index in [4.69, 9.17) is 9.26 Å². The Balaban J connectivity index is 1.47. The fraction of sp³-hybridized carbons (Fsp3) is 0.588. The van der Waals surface area contributed by atoms with Gasteiger partial charge in [0.1, 0.15) is 5.69 Å². The highest BCUT2D eigenvalue weighted by Gasteiger charge is 2.21. The number of rotatable bonds is 7. The number of nitrogens with zero attached hydrogens (tertiary/aromatic N) is 4. The summed E-state index contributed by atoms with van der Waals surface area (Å²) >= 11 is 0. The van der Waals surface area contributed by atoms with Crippen LogP contribution in [-0.2, 0) is 11.3 Å². The average molecular weight is 316 g/mol. The molecular formula is C17H24N4O2. The van der Waals surface area contributed by atoms with Crippen molar-refractivity contribution in [3.63, 3.8) is 0 Å². The fourth-order valence-electron chi connectivity index (χ4n) is 3.06. The van der Waals surface area contributed by atoms with E-state index < -0.39 is 0 Å². The lowest BCUT2D eigenvalue weighted by molar-refractivity contribution is 0.141. The zero-order valence-electron chi connectivity index (χ0n) is 13.6. The molecule has 0 spiro atoms. The summed E-state index contributed by atoms with van der Waals surface area (Å²) in [4.78, 5) is 11.1. The third-order valence-corrected chi connectivity index (χ3v) is 4.39. The molecule has 6 nitrogen and oxygen atoms in total. The minimum atomic E-state index is 0.565. The lowest BCUT2D eigenvalue weighted by Crippen LogP contribution is -2.33. The zero-order chi connectivity index (χ0) is 15.9. The van der Waals surface area contributed by atoms with Gasteiger partial charge in [-0.1, -0.05) is 11.2 Å². The van der Waals surface area contributed by atoms with E-state index in [9.17, 15) is 0 Å². The highest BCUT2D eigenvalue weighted by Crippen LogP contribution is 2.23. The molecule has 2 aromatic heterocycles. The van der Waals surface area contributed by atoms with E-state index in [1.165, 1.54) is 19.3 Å². The molecule has 0 N–H and O–H groups in total. The molecule has 3 rings (SSSR count). The summed E-state index contributed by atoms with van der Waals surface area (Å²) in [7, 11) is 1.77. The molecule has 0 unspecified atom stereocenters. The van der Waals surface area contributed by atoms with Crippen molar-refractivity contribution >= 4 is 0 Å². The Hall–Kier alpha value is -1.79. The Morgan fingerprint density at radius 2 is 2.17 bits per heavy atom. The summed E-state index contributed by atoms with van der Waals surface area (Å²) < 4.78 is 10.5. The second kappa shape index (κ2) is 8.17. The second-order valence-electron chi connectivity index (χ2n) is 6.08. The van der Waals surface area contributed by atoms with Gasteiger partial charge in [-0.15, -0.1) is 0 Å². The topological polar surface area (TPSA) is 64.3 Å². The minimum absolute atomic E-state index is 0.565. The molecule has 0 bridgehead atoms. The summed E-state index contributed by atoms with van der Waals surface area (Å²) in [5.74, 6) is 2.06. The maximum atomic E-state index is 5.37. The van der Waals surface area contributed by atoms with Crippen molar-refractivity contribution in [1.29, 1.82) is 0 Å². The van der Waals surface area contributed by atoms with Crippen LogP contribution in [0.5, 0.6) is 0 Å². The molecule has 0 radical (unpaired) electrons. The predicted molar refractivity (Wildman–Crippen MR) is 86.6 cm³/mol. The van der Waals surface area contributed by atoms with Gasteiger partial charge < -0.3 is 9.26 Å². The number of pyridine rings is 1. The van der Waals surface area contributed by atoms with Gasteiger partial charge in [0.15, 0.2) is 0 Å². The molecule has 0 atom stereocenters. The predicted octanol–water partition coefficient (Wildman–Crippen LogP) is 2.77. The van der Waals surface area contributed by atoms with Crippen LogP contribution in [0.3, 0.4) is 0 Å². The number of aromatic nitrogens is 3. The quantitative estimate of drug-likeness (QED) is 0.732. The smallest absolute Gasteiger partial charge is 0.241 e. The maximum absolute atomic E-state index is 5.37. The molecule has 1 saturated heterocycles.